The minimum atomic E-state index is -0.0101. The van der Waals surface area contributed by atoms with Gasteiger partial charge in [-0.25, -0.2) is 4.98 Å². The highest BCUT2D eigenvalue weighted by molar-refractivity contribution is 6.32. The first-order valence-corrected chi connectivity index (χ1v) is 9.08. The third-order valence-electron chi connectivity index (χ3n) is 4.08. The minimum absolute atomic E-state index is 0.0101. The maximum atomic E-state index is 6.28. The van der Waals surface area contributed by atoms with Crippen LogP contribution in [-0.2, 0) is 0 Å². The van der Waals surface area contributed by atoms with E-state index < -0.39 is 0 Å². The molecule has 0 amide bonds. The first kappa shape index (κ1) is 19.0. The minimum Gasteiger partial charge on any atom is -0.497 e. The van der Waals surface area contributed by atoms with Crippen molar-refractivity contribution >= 4 is 29.1 Å². The van der Waals surface area contributed by atoms with Crippen LogP contribution in [0.4, 0.5) is 17.5 Å². The lowest BCUT2D eigenvalue weighted by molar-refractivity contribution is 0.414. The molecule has 27 heavy (non-hydrogen) atoms. The summed E-state index contributed by atoms with van der Waals surface area (Å²) in [6.07, 6.45) is 5.23. The van der Waals surface area contributed by atoms with Crippen LogP contribution < -0.4 is 15.4 Å². The summed E-state index contributed by atoms with van der Waals surface area (Å²) < 4.78 is 7.15. The van der Waals surface area contributed by atoms with Crippen LogP contribution in [-0.4, -0.2) is 26.9 Å². The molecule has 3 aromatic rings. The molecule has 0 spiro atoms. The number of methoxy groups -OCH3 is 1. The summed E-state index contributed by atoms with van der Waals surface area (Å²) in [5.41, 5.74) is 1.88. The molecular formula is C19H23ClN6O. The molecule has 0 bridgehead atoms. The molecule has 2 aromatic heterocycles. The zero-order valence-corrected chi connectivity index (χ0v) is 16.5. The Balaban J connectivity index is 1.76. The second kappa shape index (κ2) is 8.26. The van der Waals surface area contributed by atoms with E-state index in [-0.39, 0.29) is 12.1 Å². The van der Waals surface area contributed by atoms with Crippen molar-refractivity contribution in [2.24, 2.45) is 0 Å². The molecule has 0 saturated carbocycles. The molecule has 0 radical (unpaired) electrons. The summed E-state index contributed by atoms with van der Waals surface area (Å²) >= 11 is 6.28. The average molecular weight is 387 g/mol. The first-order valence-electron chi connectivity index (χ1n) is 8.70. The first-order chi connectivity index (χ1) is 13.0. The molecule has 2 heterocycles. The molecule has 1 aromatic carbocycles. The summed E-state index contributed by atoms with van der Waals surface area (Å²) in [6.45, 7) is 6.17. The van der Waals surface area contributed by atoms with Crippen molar-refractivity contribution in [2.45, 2.75) is 32.9 Å². The maximum Gasteiger partial charge on any atom is 0.229 e. The van der Waals surface area contributed by atoms with E-state index in [0.29, 0.717) is 16.8 Å². The van der Waals surface area contributed by atoms with E-state index in [1.807, 2.05) is 42.1 Å². The number of hydrogen-bond acceptors (Lipinski definition) is 6. The fraction of sp³-hybridized carbons (Fsp3) is 0.316. The van der Waals surface area contributed by atoms with Gasteiger partial charge in [0.15, 0.2) is 5.82 Å². The van der Waals surface area contributed by atoms with Crippen molar-refractivity contribution in [3.63, 3.8) is 0 Å². The van der Waals surface area contributed by atoms with Crippen LogP contribution in [0.1, 0.15) is 38.4 Å². The molecule has 1 unspecified atom stereocenters. The zero-order chi connectivity index (χ0) is 19.4. The van der Waals surface area contributed by atoms with Crippen LogP contribution >= 0.6 is 11.6 Å². The van der Waals surface area contributed by atoms with E-state index in [9.17, 15) is 0 Å². The Hall–Kier alpha value is -2.80. The second-order valence-corrected chi connectivity index (χ2v) is 6.87. The molecule has 3 rings (SSSR count). The quantitative estimate of drug-likeness (QED) is 0.605. The highest BCUT2D eigenvalue weighted by Crippen LogP contribution is 2.27. The third kappa shape index (κ3) is 4.68. The van der Waals surface area contributed by atoms with Gasteiger partial charge in [0, 0.05) is 12.2 Å². The average Bonchev–Trinajstić information content (AvgIpc) is 3.13. The zero-order valence-electron chi connectivity index (χ0n) is 15.8. The summed E-state index contributed by atoms with van der Waals surface area (Å²) in [4.78, 5) is 8.74. The van der Waals surface area contributed by atoms with E-state index in [4.69, 9.17) is 16.3 Å². The van der Waals surface area contributed by atoms with E-state index in [0.717, 1.165) is 17.0 Å². The van der Waals surface area contributed by atoms with Gasteiger partial charge >= 0.3 is 0 Å². The Bertz CT molecular complexity index is 911. The van der Waals surface area contributed by atoms with Gasteiger partial charge in [-0.05, 0) is 38.5 Å². The fourth-order valence-electron chi connectivity index (χ4n) is 2.54. The molecule has 0 aliphatic rings. The van der Waals surface area contributed by atoms with Gasteiger partial charge in [-0.1, -0.05) is 23.7 Å². The van der Waals surface area contributed by atoms with Gasteiger partial charge in [-0.2, -0.15) is 10.1 Å². The number of hydrogen-bond donors (Lipinski definition) is 2. The Morgan fingerprint density at radius 2 is 2.00 bits per heavy atom. The van der Waals surface area contributed by atoms with Crippen LogP contribution in [0.3, 0.4) is 0 Å². The number of nitrogens with zero attached hydrogens (tertiary/aromatic N) is 4. The maximum absolute atomic E-state index is 6.28. The van der Waals surface area contributed by atoms with Crippen molar-refractivity contribution in [1.82, 2.24) is 19.7 Å². The Kier molecular flexibility index (Phi) is 5.81. The van der Waals surface area contributed by atoms with Crippen LogP contribution in [0.2, 0.25) is 5.02 Å². The predicted octanol–water partition coefficient (Wildman–Crippen LogP) is 4.83. The summed E-state index contributed by atoms with van der Waals surface area (Å²) in [5.74, 6) is 1.81. The van der Waals surface area contributed by atoms with Crippen molar-refractivity contribution in [2.75, 3.05) is 17.7 Å². The summed E-state index contributed by atoms with van der Waals surface area (Å²) in [7, 11) is 1.65. The topological polar surface area (TPSA) is 76.9 Å². The number of ether oxygens (including phenoxy) is 1. The van der Waals surface area contributed by atoms with E-state index in [1.54, 1.807) is 19.5 Å². The van der Waals surface area contributed by atoms with Gasteiger partial charge in [0.1, 0.15) is 10.8 Å². The van der Waals surface area contributed by atoms with Crippen molar-refractivity contribution < 1.29 is 4.74 Å². The molecule has 7 nitrogen and oxygen atoms in total. The van der Waals surface area contributed by atoms with Crippen molar-refractivity contribution in [3.05, 3.63) is 53.4 Å². The van der Waals surface area contributed by atoms with Crippen molar-refractivity contribution in [1.29, 1.82) is 0 Å². The molecule has 2 N–H and O–H groups in total. The lowest BCUT2D eigenvalue weighted by Gasteiger charge is -2.17. The van der Waals surface area contributed by atoms with Gasteiger partial charge in [-0.3, -0.25) is 4.68 Å². The molecule has 0 aliphatic carbocycles. The number of halogens is 1. The summed E-state index contributed by atoms with van der Waals surface area (Å²) in [6, 6.07) is 8.14. The molecular weight excluding hydrogens is 364 g/mol. The van der Waals surface area contributed by atoms with Gasteiger partial charge in [-0.15, -0.1) is 0 Å². The van der Waals surface area contributed by atoms with Gasteiger partial charge in [0.25, 0.3) is 0 Å². The smallest absolute Gasteiger partial charge is 0.229 e. The van der Waals surface area contributed by atoms with Crippen molar-refractivity contribution in [3.8, 4) is 5.75 Å². The normalized spacial score (nSPS) is 12.1. The predicted molar refractivity (Wildman–Crippen MR) is 108 cm³/mol. The van der Waals surface area contributed by atoms with Crippen LogP contribution in [0.25, 0.3) is 0 Å². The molecule has 0 fully saturated rings. The van der Waals surface area contributed by atoms with Crippen LogP contribution in [0.15, 0.2) is 42.9 Å². The fourth-order valence-corrected chi connectivity index (χ4v) is 2.69. The number of aromatic nitrogens is 4. The van der Waals surface area contributed by atoms with E-state index in [1.165, 1.54) is 0 Å². The number of anilines is 3. The van der Waals surface area contributed by atoms with E-state index in [2.05, 4.69) is 39.5 Å². The molecule has 0 saturated heterocycles. The molecule has 0 aliphatic heterocycles. The highest BCUT2D eigenvalue weighted by Gasteiger charge is 2.12. The van der Waals surface area contributed by atoms with Crippen LogP contribution in [0, 0.1) is 0 Å². The summed E-state index contributed by atoms with van der Waals surface area (Å²) in [5, 5.41) is 11.2. The molecule has 8 heteroatoms. The highest BCUT2D eigenvalue weighted by atomic mass is 35.5. The van der Waals surface area contributed by atoms with Gasteiger partial charge in [0.2, 0.25) is 5.95 Å². The monoisotopic (exact) mass is 386 g/mol. The van der Waals surface area contributed by atoms with Gasteiger partial charge in [0.05, 0.1) is 31.2 Å². The molecule has 142 valence electrons. The number of benzene rings is 1. The SMILES string of the molecule is COc1cccc(C(C)Nc2nc(Nc3cnn(C(C)C)c3)ncc2Cl)c1. The largest absolute Gasteiger partial charge is 0.497 e. The third-order valence-corrected chi connectivity index (χ3v) is 4.35. The molecule has 1 atom stereocenters. The Morgan fingerprint density at radius 1 is 1.19 bits per heavy atom. The lowest BCUT2D eigenvalue weighted by Crippen LogP contribution is -2.10. The standard InChI is InChI=1S/C19H23ClN6O/c1-12(2)26-11-15(9-22-26)24-19-21-10-17(20)18(25-19)23-13(3)14-6-5-7-16(8-14)27-4/h5-13H,1-4H3,(H2,21,23,24,25). The Labute approximate surface area is 163 Å². The number of rotatable bonds is 7. The van der Waals surface area contributed by atoms with Gasteiger partial charge < -0.3 is 15.4 Å². The van der Waals surface area contributed by atoms with Crippen LogP contribution in [0.5, 0.6) is 5.75 Å². The lowest BCUT2D eigenvalue weighted by atomic mass is 10.1. The second-order valence-electron chi connectivity index (χ2n) is 6.46. The van der Waals surface area contributed by atoms with E-state index >= 15 is 0 Å². The Morgan fingerprint density at radius 3 is 2.70 bits per heavy atom. The number of nitrogens with one attached hydrogen (secondary N) is 2.